The number of piperazine rings is 1. The number of hydrogen-bond donors (Lipinski definition) is 0. The molecular formula is C21H29N5O2. The van der Waals surface area contributed by atoms with Crippen molar-refractivity contribution in [1.82, 2.24) is 19.8 Å². The van der Waals surface area contributed by atoms with E-state index in [1.807, 2.05) is 6.07 Å². The van der Waals surface area contributed by atoms with Crippen molar-refractivity contribution in [1.29, 1.82) is 0 Å². The Morgan fingerprint density at radius 3 is 2.39 bits per heavy atom. The van der Waals surface area contributed by atoms with Crippen molar-refractivity contribution >= 4 is 5.95 Å². The smallest absolute Gasteiger partial charge is 0.225 e. The Morgan fingerprint density at radius 2 is 1.61 bits per heavy atom. The highest BCUT2D eigenvalue weighted by Crippen LogP contribution is 2.21. The highest BCUT2D eigenvalue weighted by Gasteiger charge is 2.20. The summed E-state index contributed by atoms with van der Waals surface area (Å²) in [4.78, 5) is 15.9. The predicted molar refractivity (Wildman–Crippen MR) is 109 cm³/mol. The quantitative estimate of drug-likeness (QED) is 0.718. The van der Waals surface area contributed by atoms with Crippen molar-refractivity contribution < 1.29 is 9.47 Å². The van der Waals surface area contributed by atoms with Crippen molar-refractivity contribution in [3.05, 3.63) is 48.3 Å². The number of hydrogen-bond acceptors (Lipinski definition) is 7. The van der Waals surface area contributed by atoms with Crippen molar-refractivity contribution in [3.8, 4) is 5.75 Å². The zero-order chi connectivity index (χ0) is 19.0. The zero-order valence-electron chi connectivity index (χ0n) is 16.4. The van der Waals surface area contributed by atoms with E-state index in [0.717, 1.165) is 83.9 Å². The van der Waals surface area contributed by atoms with Crippen LogP contribution in [0.2, 0.25) is 0 Å². The first-order chi connectivity index (χ1) is 13.9. The lowest BCUT2D eigenvalue weighted by Gasteiger charge is -2.34. The van der Waals surface area contributed by atoms with Crippen LogP contribution in [0.15, 0.2) is 42.7 Å². The van der Waals surface area contributed by atoms with Gasteiger partial charge < -0.3 is 14.4 Å². The van der Waals surface area contributed by atoms with Crippen LogP contribution in [-0.4, -0.2) is 85.4 Å². The summed E-state index contributed by atoms with van der Waals surface area (Å²) < 4.78 is 11.5. The molecule has 0 unspecified atom stereocenters. The van der Waals surface area contributed by atoms with E-state index in [0.29, 0.717) is 0 Å². The van der Waals surface area contributed by atoms with E-state index in [2.05, 4.69) is 48.9 Å². The monoisotopic (exact) mass is 383 g/mol. The number of morpholine rings is 1. The van der Waals surface area contributed by atoms with Crippen LogP contribution in [0.25, 0.3) is 0 Å². The average molecular weight is 383 g/mol. The molecule has 0 N–H and O–H groups in total. The van der Waals surface area contributed by atoms with E-state index in [1.54, 1.807) is 12.4 Å². The van der Waals surface area contributed by atoms with E-state index >= 15 is 0 Å². The number of para-hydroxylation sites is 1. The number of ether oxygens (including phenoxy) is 2. The van der Waals surface area contributed by atoms with Gasteiger partial charge in [-0.25, -0.2) is 9.97 Å². The molecule has 0 bridgehead atoms. The van der Waals surface area contributed by atoms with E-state index in [-0.39, 0.29) is 0 Å². The van der Waals surface area contributed by atoms with E-state index < -0.39 is 0 Å². The molecule has 2 fully saturated rings. The molecule has 0 saturated carbocycles. The molecule has 2 saturated heterocycles. The van der Waals surface area contributed by atoms with Crippen molar-refractivity contribution in [2.24, 2.45) is 0 Å². The number of rotatable bonds is 7. The summed E-state index contributed by atoms with van der Waals surface area (Å²) in [7, 11) is 0. The zero-order valence-corrected chi connectivity index (χ0v) is 16.4. The third-order valence-electron chi connectivity index (χ3n) is 5.34. The molecule has 0 radical (unpaired) electrons. The summed E-state index contributed by atoms with van der Waals surface area (Å²) in [5.74, 6) is 1.83. The number of anilines is 1. The van der Waals surface area contributed by atoms with Gasteiger partial charge in [0.15, 0.2) is 0 Å². The van der Waals surface area contributed by atoms with Gasteiger partial charge in [0.1, 0.15) is 12.4 Å². The molecule has 7 heteroatoms. The van der Waals surface area contributed by atoms with Crippen LogP contribution in [-0.2, 0) is 11.3 Å². The highest BCUT2D eigenvalue weighted by molar-refractivity contribution is 5.34. The second-order valence-electron chi connectivity index (χ2n) is 7.22. The fourth-order valence-electron chi connectivity index (χ4n) is 3.69. The fourth-order valence-corrected chi connectivity index (χ4v) is 3.69. The minimum Gasteiger partial charge on any atom is -0.492 e. The number of benzene rings is 1. The Kier molecular flexibility index (Phi) is 6.70. The molecule has 2 aromatic rings. The standard InChI is InChI=1S/C21H29N5O2/c1-2-5-20(28-17-14-24-12-15-27-16-13-24)19(4-1)18-25-8-10-26(11-9-25)21-22-6-3-7-23-21/h1-7H,8-18H2. The van der Waals surface area contributed by atoms with Gasteiger partial charge in [0, 0.05) is 70.3 Å². The lowest BCUT2D eigenvalue weighted by atomic mass is 10.1. The van der Waals surface area contributed by atoms with Gasteiger partial charge in [0.2, 0.25) is 5.95 Å². The molecule has 4 rings (SSSR count). The van der Waals surface area contributed by atoms with Crippen LogP contribution in [0.1, 0.15) is 5.56 Å². The first-order valence-corrected chi connectivity index (χ1v) is 10.1. The molecule has 1 aromatic carbocycles. The summed E-state index contributed by atoms with van der Waals surface area (Å²) in [6.07, 6.45) is 3.61. The Hall–Kier alpha value is -2.22. The molecule has 0 amide bonds. The van der Waals surface area contributed by atoms with Crippen LogP contribution in [0.5, 0.6) is 5.75 Å². The average Bonchev–Trinajstić information content (AvgIpc) is 2.77. The molecule has 1 aromatic heterocycles. The molecule has 150 valence electrons. The van der Waals surface area contributed by atoms with Crippen LogP contribution in [0.4, 0.5) is 5.95 Å². The van der Waals surface area contributed by atoms with Gasteiger partial charge in [-0.2, -0.15) is 0 Å². The second kappa shape index (κ2) is 9.82. The summed E-state index contributed by atoms with van der Waals surface area (Å²) in [6, 6.07) is 10.3. The van der Waals surface area contributed by atoms with Crippen molar-refractivity contribution in [2.75, 3.05) is 70.5 Å². The van der Waals surface area contributed by atoms with Crippen molar-refractivity contribution in [3.63, 3.8) is 0 Å². The minimum atomic E-state index is 0.718. The lowest BCUT2D eigenvalue weighted by molar-refractivity contribution is 0.0321. The summed E-state index contributed by atoms with van der Waals surface area (Å²) in [5.41, 5.74) is 1.26. The predicted octanol–water partition coefficient (Wildman–Crippen LogP) is 1.51. The first kappa shape index (κ1) is 19.1. The Bertz CT molecular complexity index is 716. The fraction of sp³-hybridized carbons (Fsp3) is 0.524. The SMILES string of the molecule is c1cnc(N2CCN(Cc3ccccc3OCCN3CCOCC3)CC2)nc1. The maximum Gasteiger partial charge on any atom is 0.225 e. The van der Waals surface area contributed by atoms with Gasteiger partial charge in [-0.15, -0.1) is 0 Å². The van der Waals surface area contributed by atoms with Crippen LogP contribution < -0.4 is 9.64 Å². The molecule has 3 heterocycles. The molecule has 0 spiro atoms. The van der Waals surface area contributed by atoms with Crippen LogP contribution in [0, 0.1) is 0 Å². The van der Waals surface area contributed by atoms with Gasteiger partial charge in [-0.3, -0.25) is 9.80 Å². The summed E-state index contributed by atoms with van der Waals surface area (Å²) in [6.45, 7) is 10.1. The molecule has 7 nitrogen and oxygen atoms in total. The maximum atomic E-state index is 6.13. The Labute approximate surface area is 166 Å². The molecule has 2 aliphatic heterocycles. The minimum absolute atomic E-state index is 0.718. The topological polar surface area (TPSA) is 54.0 Å². The molecule has 2 aliphatic rings. The van der Waals surface area contributed by atoms with Crippen LogP contribution >= 0.6 is 0 Å². The van der Waals surface area contributed by atoms with E-state index in [9.17, 15) is 0 Å². The maximum absolute atomic E-state index is 6.13. The van der Waals surface area contributed by atoms with E-state index in [4.69, 9.17) is 9.47 Å². The molecule has 0 atom stereocenters. The van der Waals surface area contributed by atoms with E-state index in [1.165, 1.54) is 5.56 Å². The summed E-state index contributed by atoms with van der Waals surface area (Å²) >= 11 is 0. The number of nitrogens with zero attached hydrogens (tertiary/aromatic N) is 5. The highest BCUT2D eigenvalue weighted by atomic mass is 16.5. The van der Waals surface area contributed by atoms with Gasteiger partial charge in [-0.1, -0.05) is 18.2 Å². The normalized spacial score (nSPS) is 18.9. The van der Waals surface area contributed by atoms with Crippen LogP contribution in [0.3, 0.4) is 0 Å². The third-order valence-corrected chi connectivity index (χ3v) is 5.34. The Morgan fingerprint density at radius 1 is 0.857 bits per heavy atom. The van der Waals surface area contributed by atoms with Gasteiger partial charge in [0.25, 0.3) is 0 Å². The van der Waals surface area contributed by atoms with Gasteiger partial charge in [0.05, 0.1) is 13.2 Å². The van der Waals surface area contributed by atoms with Crippen molar-refractivity contribution in [2.45, 2.75) is 6.54 Å². The first-order valence-electron chi connectivity index (χ1n) is 10.1. The molecule has 0 aliphatic carbocycles. The summed E-state index contributed by atoms with van der Waals surface area (Å²) in [5, 5.41) is 0. The molecular weight excluding hydrogens is 354 g/mol. The third kappa shape index (κ3) is 5.19. The molecule has 28 heavy (non-hydrogen) atoms. The lowest BCUT2D eigenvalue weighted by Crippen LogP contribution is -2.46. The Balaban J connectivity index is 1.27. The second-order valence-corrected chi connectivity index (χ2v) is 7.22. The largest absolute Gasteiger partial charge is 0.492 e. The van der Waals surface area contributed by atoms with Gasteiger partial charge >= 0.3 is 0 Å². The number of aromatic nitrogens is 2. The van der Waals surface area contributed by atoms with Gasteiger partial charge in [-0.05, 0) is 12.1 Å².